The van der Waals surface area contributed by atoms with Crippen LogP contribution in [0.5, 0.6) is 0 Å². The molecule has 13 atom stereocenters. The Morgan fingerprint density at radius 1 is 1.05 bits per heavy atom. The topological polar surface area (TPSA) is 123 Å². The lowest BCUT2D eigenvalue weighted by atomic mass is 9.41. The van der Waals surface area contributed by atoms with E-state index in [1.807, 2.05) is 6.07 Å². The summed E-state index contributed by atoms with van der Waals surface area (Å²) < 4.78 is 42.9. The molecule has 4 aliphatic carbocycles. The molecule has 40 heavy (non-hydrogen) atoms. The largest absolute Gasteiger partial charge is 0.465 e. The summed E-state index contributed by atoms with van der Waals surface area (Å²) in [6, 6.07) is 3.38. The van der Waals surface area contributed by atoms with Crippen molar-refractivity contribution in [2.24, 2.45) is 28.6 Å². The summed E-state index contributed by atoms with van der Waals surface area (Å²) >= 11 is 0. The van der Waals surface area contributed by atoms with Crippen molar-refractivity contribution >= 4 is 11.9 Å². The molecule has 0 unspecified atom stereocenters. The summed E-state index contributed by atoms with van der Waals surface area (Å²) in [6.07, 6.45) is 4.41. The molecule has 1 spiro atoms. The van der Waals surface area contributed by atoms with E-state index in [0.717, 1.165) is 31.2 Å². The Kier molecular flexibility index (Phi) is 5.07. The van der Waals surface area contributed by atoms with E-state index in [2.05, 4.69) is 6.92 Å². The van der Waals surface area contributed by atoms with Crippen molar-refractivity contribution in [3.05, 3.63) is 34.4 Å². The van der Waals surface area contributed by atoms with E-state index in [1.54, 1.807) is 13.2 Å². The second-order valence-corrected chi connectivity index (χ2v) is 13.6. The lowest BCUT2D eigenvalue weighted by molar-refractivity contribution is -0.564. The van der Waals surface area contributed by atoms with Crippen LogP contribution in [0.25, 0.3) is 0 Å². The highest BCUT2D eigenvalue weighted by Crippen LogP contribution is 2.76. The Bertz CT molecular complexity index is 1320. The fourth-order valence-electron chi connectivity index (χ4n) is 10.7. The minimum atomic E-state index is -1.24. The molecule has 4 saturated carbocycles. The summed E-state index contributed by atoms with van der Waals surface area (Å²) in [5, 5.41) is 0. The van der Waals surface area contributed by atoms with Crippen LogP contribution in [-0.4, -0.2) is 60.6 Å². The molecule has 0 amide bonds. The molecule has 4 bridgehead atoms. The zero-order valence-corrected chi connectivity index (χ0v) is 23.3. The van der Waals surface area contributed by atoms with E-state index in [1.165, 1.54) is 19.9 Å². The number of carbonyl (C=O) groups excluding carboxylic acids is 2. The second-order valence-electron chi connectivity index (χ2n) is 13.6. The van der Waals surface area contributed by atoms with Gasteiger partial charge in [-0.05, 0) is 60.5 Å². The van der Waals surface area contributed by atoms with Crippen LogP contribution >= 0.6 is 0 Å². The highest BCUT2D eigenvalue weighted by Gasteiger charge is 2.82. The predicted molar refractivity (Wildman–Crippen MR) is 135 cm³/mol. The average Bonchev–Trinajstić information content (AvgIpc) is 3.59. The van der Waals surface area contributed by atoms with E-state index < -0.39 is 35.2 Å². The quantitative estimate of drug-likeness (QED) is 0.404. The van der Waals surface area contributed by atoms with Gasteiger partial charge in [-0.2, -0.15) is 0 Å². The van der Waals surface area contributed by atoms with Gasteiger partial charge >= 0.3 is 17.6 Å². The predicted octanol–water partition coefficient (Wildman–Crippen LogP) is 3.06. The number of epoxide rings is 1. The molecule has 1 aromatic heterocycles. The minimum absolute atomic E-state index is 0.0419. The number of hydrogen-bond donors (Lipinski definition) is 0. The van der Waals surface area contributed by atoms with Gasteiger partial charge in [-0.3, -0.25) is 9.59 Å². The maximum absolute atomic E-state index is 12.3. The Morgan fingerprint density at radius 3 is 2.60 bits per heavy atom. The molecule has 10 nitrogen and oxygen atoms in total. The smallest absolute Gasteiger partial charge is 0.335 e. The summed E-state index contributed by atoms with van der Waals surface area (Å²) in [7, 11) is 0. The molecule has 10 heteroatoms. The van der Waals surface area contributed by atoms with Gasteiger partial charge in [0.2, 0.25) is 0 Å². The Hall–Kier alpha value is -2.27. The number of fused-ring (bicyclic) bond motifs is 5. The normalized spacial score (nSPS) is 52.6. The number of hydrogen-bond acceptors (Lipinski definition) is 10. The molecule has 9 rings (SSSR count). The van der Waals surface area contributed by atoms with Crippen LogP contribution in [0.4, 0.5) is 0 Å². The number of esters is 2. The third-order valence-electron chi connectivity index (χ3n) is 11.8. The van der Waals surface area contributed by atoms with Gasteiger partial charge in [-0.1, -0.05) is 6.92 Å². The van der Waals surface area contributed by atoms with Gasteiger partial charge in [-0.15, -0.1) is 0 Å². The van der Waals surface area contributed by atoms with Gasteiger partial charge in [-0.25, -0.2) is 4.79 Å². The third-order valence-corrected chi connectivity index (χ3v) is 11.8. The van der Waals surface area contributed by atoms with Crippen molar-refractivity contribution in [3.8, 4) is 0 Å². The maximum atomic E-state index is 12.3. The Labute approximate surface area is 231 Å². The highest BCUT2D eigenvalue weighted by molar-refractivity contribution is 5.66. The van der Waals surface area contributed by atoms with Crippen molar-refractivity contribution < 1.29 is 42.4 Å². The number of carbonyl (C=O) groups is 2. The molecule has 0 aromatic carbocycles. The van der Waals surface area contributed by atoms with Crippen LogP contribution in [0.15, 0.2) is 27.6 Å². The van der Waals surface area contributed by atoms with Crippen LogP contribution in [-0.2, 0) is 38.0 Å². The van der Waals surface area contributed by atoms with Gasteiger partial charge in [0.15, 0.2) is 6.10 Å². The van der Waals surface area contributed by atoms with Crippen LogP contribution in [0, 0.1) is 28.6 Å². The number of ether oxygens (including phenoxy) is 6. The minimum Gasteiger partial charge on any atom is -0.465 e. The standard InChI is InChI=1S/C30H36O10/c1-14(31)35-13-30-18-8-9-27(3)21(16-5-6-20(33)34-12-16)24-25(37-24)22(27)17(18)7-10-29(30)11-19-23(36-15(2)32)26(30)39-28(4,38-19)40-29/h5-6,12,17-19,21-26H,7-11,13H2,1-4H3/t17-,18+,19-,21+,22+,23-,24-,25+,26-,27-,28-,29+,30+/m1/s1. The molecule has 8 aliphatic rings. The van der Waals surface area contributed by atoms with E-state index in [-0.39, 0.29) is 65.6 Å². The van der Waals surface area contributed by atoms with Gasteiger partial charge in [0, 0.05) is 39.2 Å². The van der Waals surface area contributed by atoms with Gasteiger partial charge < -0.3 is 32.8 Å². The molecular weight excluding hydrogens is 520 g/mol. The van der Waals surface area contributed by atoms with Crippen molar-refractivity contribution in [1.29, 1.82) is 0 Å². The third kappa shape index (κ3) is 3.11. The van der Waals surface area contributed by atoms with Crippen LogP contribution in [0.1, 0.15) is 71.3 Å². The average molecular weight is 557 g/mol. The highest BCUT2D eigenvalue weighted by atomic mass is 16.9. The Balaban J connectivity index is 1.22. The molecular formula is C30H36O10. The van der Waals surface area contributed by atoms with Crippen molar-refractivity contribution in [2.75, 3.05) is 6.61 Å². The van der Waals surface area contributed by atoms with Crippen LogP contribution in [0.3, 0.4) is 0 Å². The summed E-state index contributed by atoms with van der Waals surface area (Å²) in [4.78, 5) is 36.2. The van der Waals surface area contributed by atoms with Gasteiger partial charge in [0.1, 0.15) is 18.8 Å². The molecule has 0 N–H and O–H groups in total. The van der Waals surface area contributed by atoms with E-state index in [9.17, 15) is 14.4 Å². The lowest BCUT2D eigenvalue weighted by Gasteiger charge is -2.74. The maximum Gasteiger partial charge on any atom is 0.335 e. The molecule has 8 fully saturated rings. The SMILES string of the molecule is CC(=O)OC[C@]12[C@@H]3O[C@@]4(C)O[C@H](C[C@]1(CC[C@H]1[C@H]5[C@@H]6O[C@@H]6[C@H](c6ccc(=O)oc6)[C@@]5(C)CC[C@@H]12)O4)[C@H]3OC(C)=O. The first-order chi connectivity index (χ1) is 19.0. The molecule has 4 aliphatic heterocycles. The molecule has 4 saturated heterocycles. The van der Waals surface area contributed by atoms with Crippen molar-refractivity contribution in [3.63, 3.8) is 0 Å². The Morgan fingerprint density at radius 2 is 1.88 bits per heavy atom. The zero-order valence-electron chi connectivity index (χ0n) is 23.3. The fourth-order valence-corrected chi connectivity index (χ4v) is 10.7. The first kappa shape index (κ1) is 25.4. The first-order valence-electron chi connectivity index (χ1n) is 14.6. The van der Waals surface area contributed by atoms with E-state index in [0.29, 0.717) is 6.42 Å². The summed E-state index contributed by atoms with van der Waals surface area (Å²) in [5.74, 6) is -1.20. The first-order valence-corrected chi connectivity index (χ1v) is 14.6. The second kappa shape index (κ2) is 7.96. The van der Waals surface area contributed by atoms with E-state index in [4.69, 9.17) is 32.8 Å². The fraction of sp³-hybridized carbons (Fsp3) is 0.767. The van der Waals surface area contributed by atoms with Crippen LogP contribution in [0.2, 0.25) is 0 Å². The molecule has 5 heterocycles. The van der Waals surface area contributed by atoms with Gasteiger partial charge in [0.05, 0.1) is 29.5 Å². The van der Waals surface area contributed by atoms with Crippen LogP contribution < -0.4 is 5.63 Å². The molecule has 0 radical (unpaired) electrons. The number of rotatable bonds is 4. The van der Waals surface area contributed by atoms with E-state index >= 15 is 0 Å². The molecule has 1 aromatic rings. The van der Waals surface area contributed by atoms with Crippen molar-refractivity contribution in [2.45, 2.75) is 108 Å². The molecule has 216 valence electrons. The van der Waals surface area contributed by atoms with Crippen molar-refractivity contribution in [1.82, 2.24) is 0 Å². The summed E-state index contributed by atoms with van der Waals surface area (Å²) in [5.41, 5.74) is -0.713. The van der Waals surface area contributed by atoms with Gasteiger partial charge in [0.25, 0.3) is 5.97 Å². The lowest BCUT2D eigenvalue weighted by Crippen LogP contribution is -2.84. The zero-order chi connectivity index (χ0) is 27.8. The summed E-state index contributed by atoms with van der Waals surface area (Å²) in [6.45, 7) is 7.13. The monoisotopic (exact) mass is 556 g/mol.